The molecule has 0 radical (unpaired) electrons. The Bertz CT molecular complexity index is 1350. The zero-order valence-corrected chi connectivity index (χ0v) is 55.7. The van der Waals surface area contributed by atoms with Gasteiger partial charge in [-0.2, -0.15) is 0 Å². The molecular formula is C73H142NO8+. The highest BCUT2D eigenvalue weighted by Crippen LogP contribution is 2.19. The number of likely N-dealkylation sites (N-methyl/N-ethyl adjacent to an activating group) is 1. The van der Waals surface area contributed by atoms with E-state index in [-0.39, 0.29) is 32.2 Å². The zero-order valence-electron chi connectivity index (χ0n) is 55.7. The average molecular weight is 1160 g/mol. The number of aliphatic carboxylic acids is 1. The van der Waals surface area contributed by atoms with Gasteiger partial charge in [0.1, 0.15) is 13.2 Å². The maximum absolute atomic E-state index is 12.9. The van der Waals surface area contributed by atoms with Gasteiger partial charge < -0.3 is 28.5 Å². The molecule has 0 aliphatic rings. The molecule has 1 N–H and O–H groups in total. The minimum atomic E-state index is -1.51. The molecule has 0 aliphatic carbocycles. The van der Waals surface area contributed by atoms with Gasteiger partial charge in [-0.1, -0.05) is 341 Å². The van der Waals surface area contributed by atoms with E-state index in [0.717, 1.165) is 51.4 Å². The summed E-state index contributed by atoms with van der Waals surface area (Å²) in [5, 5.41) is 9.73. The van der Waals surface area contributed by atoms with Crippen LogP contribution < -0.4 is 0 Å². The van der Waals surface area contributed by atoms with Crippen LogP contribution in [0.5, 0.6) is 0 Å². The van der Waals surface area contributed by atoms with Crippen molar-refractivity contribution in [2.75, 3.05) is 47.5 Å². The molecule has 0 aromatic heterocycles. The number of carboxylic acids is 1. The third-order valence-corrected chi connectivity index (χ3v) is 16.8. The van der Waals surface area contributed by atoms with Gasteiger partial charge in [-0.3, -0.25) is 9.59 Å². The van der Waals surface area contributed by atoms with Crippen molar-refractivity contribution < 1.29 is 42.9 Å². The van der Waals surface area contributed by atoms with Crippen LogP contribution in [0.1, 0.15) is 380 Å². The Morgan fingerprint density at radius 2 is 0.622 bits per heavy atom. The highest BCUT2D eigenvalue weighted by molar-refractivity contribution is 5.71. The molecule has 0 saturated carbocycles. The van der Waals surface area contributed by atoms with Gasteiger partial charge in [-0.25, -0.2) is 4.79 Å². The monoisotopic (exact) mass is 1160 g/mol. The van der Waals surface area contributed by atoms with E-state index < -0.39 is 24.3 Å². The van der Waals surface area contributed by atoms with Gasteiger partial charge in [0.25, 0.3) is 6.29 Å². The van der Waals surface area contributed by atoms with Gasteiger partial charge in [0.2, 0.25) is 0 Å². The van der Waals surface area contributed by atoms with Crippen molar-refractivity contribution in [3.63, 3.8) is 0 Å². The number of carbonyl (C=O) groups excluding carboxylic acids is 2. The van der Waals surface area contributed by atoms with E-state index in [9.17, 15) is 19.5 Å². The number of unbranched alkanes of at least 4 members (excludes halogenated alkanes) is 52. The fourth-order valence-corrected chi connectivity index (χ4v) is 11.2. The van der Waals surface area contributed by atoms with Gasteiger partial charge >= 0.3 is 17.9 Å². The van der Waals surface area contributed by atoms with E-state index in [4.69, 9.17) is 18.9 Å². The summed E-state index contributed by atoms with van der Waals surface area (Å²) in [6.07, 6.45) is 76.5. The summed E-state index contributed by atoms with van der Waals surface area (Å²) in [6.45, 7) is 4.94. The zero-order chi connectivity index (χ0) is 59.8. The molecule has 0 bridgehead atoms. The van der Waals surface area contributed by atoms with Crippen LogP contribution in [-0.2, 0) is 33.3 Å². The van der Waals surface area contributed by atoms with Gasteiger partial charge in [0.15, 0.2) is 6.10 Å². The van der Waals surface area contributed by atoms with E-state index in [1.807, 2.05) is 21.1 Å². The molecule has 0 heterocycles. The quantitative estimate of drug-likeness (QED) is 0.0211. The first-order valence-electron chi connectivity index (χ1n) is 36.4. The molecule has 0 aromatic rings. The van der Waals surface area contributed by atoms with E-state index in [2.05, 4.69) is 26.0 Å². The van der Waals surface area contributed by atoms with E-state index >= 15 is 0 Å². The molecule has 0 fully saturated rings. The largest absolute Gasteiger partial charge is 0.477 e. The number of hydrogen-bond acceptors (Lipinski definition) is 7. The molecule has 0 saturated heterocycles. The molecule has 2 unspecified atom stereocenters. The Labute approximate surface area is 510 Å². The normalized spacial score (nSPS) is 12.6. The van der Waals surface area contributed by atoms with E-state index in [1.165, 1.54) is 302 Å². The fraction of sp³-hybridized carbons (Fsp3) is 0.932. The van der Waals surface area contributed by atoms with Crippen LogP contribution in [0.15, 0.2) is 12.2 Å². The molecule has 486 valence electrons. The molecule has 0 amide bonds. The number of hydrogen-bond donors (Lipinski definition) is 1. The van der Waals surface area contributed by atoms with Crippen LogP contribution in [0, 0.1) is 0 Å². The van der Waals surface area contributed by atoms with Gasteiger partial charge in [0, 0.05) is 12.8 Å². The Balaban J connectivity index is 3.88. The van der Waals surface area contributed by atoms with Crippen molar-refractivity contribution in [1.29, 1.82) is 0 Å². The SMILES string of the molecule is CCCCCCCC/C=C\CCCCCCCCCC(=O)OC(COC(=O)CCCCCCCCCCCCCCCCCCCCCCCCCCCCCCCCCCCCCCCCCC)COC(OCC[N+](C)(C)C)C(=O)O. The molecule has 9 heteroatoms. The van der Waals surface area contributed by atoms with Crippen LogP contribution in [0.25, 0.3) is 0 Å². The van der Waals surface area contributed by atoms with Crippen LogP contribution in [-0.4, -0.2) is 87.4 Å². The number of carbonyl (C=O) groups is 3. The number of esters is 2. The molecular weight excluding hydrogens is 1020 g/mol. The van der Waals surface area contributed by atoms with Crippen molar-refractivity contribution in [2.24, 2.45) is 0 Å². The van der Waals surface area contributed by atoms with Gasteiger partial charge in [-0.15, -0.1) is 0 Å². The van der Waals surface area contributed by atoms with Gasteiger partial charge in [-0.05, 0) is 38.5 Å². The van der Waals surface area contributed by atoms with Crippen LogP contribution in [0.2, 0.25) is 0 Å². The average Bonchev–Trinajstić information content (AvgIpc) is 3.45. The second-order valence-corrected chi connectivity index (χ2v) is 26.3. The summed E-state index contributed by atoms with van der Waals surface area (Å²) in [5.74, 6) is -1.98. The Morgan fingerprint density at radius 1 is 0.354 bits per heavy atom. The summed E-state index contributed by atoms with van der Waals surface area (Å²) in [5.41, 5.74) is 0. The minimum Gasteiger partial charge on any atom is -0.477 e. The standard InChI is InChI=1S/C73H141NO8/c1-6-8-10-12-14-16-18-20-22-24-25-26-27-28-29-30-31-32-33-34-35-36-37-38-39-40-41-42-43-44-45-46-48-49-51-53-55-57-59-61-63-70(75)80-67-69(68-81-73(72(77)78)79-66-65-74(3,4)5)82-71(76)64-62-60-58-56-54-52-50-47-23-21-19-17-15-13-11-9-7-2/h21,23,69,73H,6-20,22,24-68H2,1-5H3/p+1/b23-21-. The third kappa shape index (κ3) is 65.6. The lowest BCUT2D eigenvalue weighted by Crippen LogP contribution is -2.40. The first kappa shape index (κ1) is 80.0. The van der Waals surface area contributed by atoms with Crippen LogP contribution in [0.4, 0.5) is 0 Å². The first-order chi connectivity index (χ1) is 40.1. The van der Waals surface area contributed by atoms with E-state index in [1.54, 1.807) is 0 Å². The predicted octanol–water partition coefficient (Wildman–Crippen LogP) is 22.4. The lowest BCUT2D eigenvalue weighted by Gasteiger charge is -2.25. The van der Waals surface area contributed by atoms with Crippen molar-refractivity contribution in [2.45, 2.75) is 392 Å². The number of rotatable bonds is 69. The molecule has 0 rings (SSSR count). The maximum atomic E-state index is 12.9. The Hall–Kier alpha value is -1.97. The summed E-state index contributed by atoms with van der Waals surface area (Å²) in [4.78, 5) is 37.5. The number of ether oxygens (including phenoxy) is 4. The molecule has 9 nitrogen and oxygen atoms in total. The van der Waals surface area contributed by atoms with Crippen LogP contribution in [0.3, 0.4) is 0 Å². The van der Waals surface area contributed by atoms with E-state index in [0.29, 0.717) is 17.4 Å². The second kappa shape index (κ2) is 65.0. The maximum Gasteiger partial charge on any atom is 0.361 e. The summed E-state index contributed by atoms with van der Waals surface area (Å²) < 4.78 is 23.0. The van der Waals surface area contributed by atoms with Crippen molar-refractivity contribution in [1.82, 2.24) is 0 Å². The van der Waals surface area contributed by atoms with Crippen molar-refractivity contribution in [3.05, 3.63) is 12.2 Å². The number of quaternary nitrogens is 1. The molecule has 0 aromatic carbocycles. The minimum absolute atomic E-state index is 0.177. The molecule has 2 atom stereocenters. The predicted molar refractivity (Wildman–Crippen MR) is 351 cm³/mol. The fourth-order valence-electron chi connectivity index (χ4n) is 11.2. The Kier molecular flexibility index (Phi) is 63.5. The van der Waals surface area contributed by atoms with Crippen molar-refractivity contribution >= 4 is 17.9 Å². The summed E-state index contributed by atoms with van der Waals surface area (Å²) in [6, 6.07) is 0. The lowest BCUT2D eigenvalue weighted by atomic mass is 10.0. The third-order valence-electron chi connectivity index (χ3n) is 16.8. The first-order valence-corrected chi connectivity index (χ1v) is 36.4. The highest BCUT2D eigenvalue weighted by Gasteiger charge is 2.25. The van der Waals surface area contributed by atoms with Crippen LogP contribution >= 0.6 is 0 Å². The highest BCUT2D eigenvalue weighted by atomic mass is 16.7. The Morgan fingerprint density at radius 3 is 0.902 bits per heavy atom. The molecule has 0 aliphatic heterocycles. The summed E-state index contributed by atoms with van der Waals surface area (Å²) in [7, 11) is 5.99. The second-order valence-electron chi connectivity index (χ2n) is 26.3. The topological polar surface area (TPSA) is 108 Å². The smallest absolute Gasteiger partial charge is 0.361 e. The number of carboxylic acid groups (broad SMARTS) is 1. The lowest BCUT2D eigenvalue weighted by molar-refractivity contribution is -0.870. The van der Waals surface area contributed by atoms with Crippen molar-refractivity contribution in [3.8, 4) is 0 Å². The number of allylic oxidation sites excluding steroid dienone is 2. The number of nitrogens with zero attached hydrogens (tertiary/aromatic N) is 1. The van der Waals surface area contributed by atoms with Gasteiger partial charge in [0.05, 0.1) is 34.4 Å². The molecule has 0 spiro atoms. The molecule has 82 heavy (non-hydrogen) atoms. The summed E-state index contributed by atoms with van der Waals surface area (Å²) >= 11 is 0.